The molecule has 0 aromatic carbocycles. The SMILES string of the molecule is Cc1cc(-c2n[nH]c3c2CO[C@@H](C)C3)cc(C)n1. The van der Waals surface area contributed by atoms with Gasteiger partial charge in [0.05, 0.1) is 18.4 Å². The minimum Gasteiger partial charge on any atom is -0.373 e. The zero-order chi connectivity index (χ0) is 12.7. The number of aromatic nitrogens is 3. The van der Waals surface area contributed by atoms with Crippen molar-refractivity contribution in [1.82, 2.24) is 15.2 Å². The van der Waals surface area contributed by atoms with Gasteiger partial charge in [-0.3, -0.25) is 10.1 Å². The van der Waals surface area contributed by atoms with Crippen molar-refractivity contribution < 1.29 is 4.74 Å². The van der Waals surface area contributed by atoms with Gasteiger partial charge < -0.3 is 4.74 Å². The first-order valence-corrected chi connectivity index (χ1v) is 6.27. The summed E-state index contributed by atoms with van der Waals surface area (Å²) in [6.07, 6.45) is 1.18. The van der Waals surface area contributed by atoms with Crippen LogP contribution in [0.2, 0.25) is 0 Å². The van der Waals surface area contributed by atoms with Crippen LogP contribution >= 0.6 is 0 Å². The predicted molar refractivity (Wildman–Crippen MR) is 69.2 cm³/mol. The molecule has 4 nitrogen and oxygen atoms in total. The van der Waals surface area contributed by atoms with Gasteiger partial charge in [0.1, 0.15) is 0 Å². The van der Waals surface area contributed by atoms with Crippen molar-refractivity contribution in [2.75, 3.05) is 0 Å². The van der Waals surface area contributed by atoms with E-state index in [1.165, 1.54) is 11.3 Å². The molecule has 0 fully saturated rings. The van der Waals surface area contributed by atoms with Gasteiger partial charge in [-0.25, -0.2) is 0 Å². The maximum absolute atomic E-state index is 5.71. The molecule has 4 heteroatoms. The fraction of sp³-hybridized carbons (Fsp3) is 0.429. The standard InChI is InChI=1S/C14H17N3O/c1-8-4-11(5-9(2)15-8)14-12-7-18-10(3)6-13(12)16-17-14/h4-5,10H,6-7H2,1-3H3,(H,16,17)/t10-/m0/s1. The van der Waals surface area contributed by atoms with Crippen LogP contribution in [-0.2, 0) is 17.8 Å². The van der Waals surface area contributed by atoms with Crippen LogP contribution in [0.3, 0.4) is 0 Å². The van der Waals surface area contributed by atoms with Gasteiger partial charge in [-0.2, -0.15) is 5.10 Å². The van der Waals surface area contributed by atoms with Gasteiger partial charge in [0.2, 0.25) is 0 Å². The summed E-state index contributed by atoms with van der Waals surface area (Å²) in [7, 11) is 0. The zero-order valence-corrected chi connectivity index (χ0v) is 10.9. The van der Waals surface area contributed by atoms with Gasteiger partial charge in [-0.05, 0) is 32.9 Å². The topological polar surface area (TPSA) is 50.8 Å². The summed E-state index contributed by atoms with van der Waals surface area (Å²) < 4.78 is 5.71. The van der Waals surface area contributed by atoms with Crippen molar-refractivity contribution in [3.8, 4) is 11.3 Å². The third-order valence-corrected chi connectivity index (χ3v) is 3.31. The van der Waals surface area contributed by atoms with Gasteiger partial charge >= 0.3 is 0 Å². The quantitative estimate of drug-likeness (QED) is 0.837. The van der Waals surface area contributed by atoms with E-state index < -0.39 is 0 Å². The van der Waals surface area contributed by atoms with E-state index in [1.54, 1.807) is 0 Å². The lowest BCUT2D eigenvalue weighted by Crippen LogP contribution is -2.18. The number of aryl methyl sites for hydroxylation is 2. The lowest BCUT2D eigenvalue weighted by Gasteiger charge is -2.19. The number of rotatable bonds is 1. The Morgan fingerprint density at radius 1 is 1.28 bits per heavy atom. The molecule has 1 aliphatic rings. The van der Waals surface area contributed by atoms with Gasteiger partial charge in [-0.1, -0.05) is 0 Å². The summed E-state index contributed by atoms with van der Waals surface area (Å²) in [4.78, 5) is 4.40. The Hall–Kier alpha value is -1.68. The fourth-order valence-electron chi connectivity index (χ4n) is 2.51. The summed E-state index contributed by atoms with van der Waals surface area (Å²) in [5.41, 5.74) is 6.56. The first kappa shape index (κ1) is 11.4. The molecule has 0 bridgehead atoms. The number of pyridine rings is 1. The highest BCUT2D eigenvalue weighted by Crippen LogP contribution is 2.29. The molecule has 3 rings (SSSR count). The summed E-state index contributed by atoms with van der Waals surface area (Å²) in [5.74, 6) is 0. The van der Waals surface area contributed by atoms with E-state index in [2.05, 4.69) is 34.2 Å². The lowest BCUT2D eigenvalue weighted by molar-refractivity contribution is 0.0407. The van der Waals surface area contributed by atoms with Crippen molar-refractivity contribution in [3.63, 3.8) is 0 Å². The van der Waals surface area contributed by atoms with Gasteiger partial charge in [0.15, 0.2) is 0 Å². The van der Waals surface area contributed by atoms with E-state index in [4.69, 9.17) is 4.74 Å². The molecule has 1 N–H and O–H groups in total. The van der Waals surface area contributed by atoms with Crippen LogP contribution in [0.15, 0.2) is 12.1 Å². The molecule has 2 aromatic heterocycles. The second-order valence-corrected chi connectivity index (χ2v) is 4.99. The van der Waals surface area contributed by atoms with E-state index in [9.17, 15) is 0 Å². The van der Waals surface area contributed by atoms with Crippen molar-refractivity contribution in [1.29, 1.82) is 0 Å². The lowest BCUT2D eigenvalue weighted by atomic mass is 10.0. The first-order chi connectivity index (χ1) is 8.63. The Morgan fingerprint density at radius 2 is 2.00 bits per heavy atom. The van der Waals surface area contributed by atoms with E-state index in [0.29, 0.717) is 6.61 Å². The smallest absolute Gasteiger partial charge is 0.0980 e. The molecule has 18 heavy (non-hydrogen) atoms. The molecule has 0 saturated heterocycles. The van der Waals surface area contributed by atoms with Gasteiger partial charge in [0, 0.05) is 34.6 Å². The highest BCUT2D eigenvalue weighted by atomic mass is 16.5. The maximum atomic E-state index is 5.71. The zero-order valence-electron chi connectivity index (χ0n) is 10.9. The molecule has 2 aromatic rings. The van der Waals surface area contributed by atoms with Crippen molar-refractivity contribution in [3.05, 3.63) is 34.8 Å². The van der Waals surface area contributed by atoms with E-state index in [1.807, 2.05) is 13.8 Å². The molecule has 3 heterocycles. The molecule has 94 valence electrons. The number of aromatic amines is 1. The minimum atomic E-state index is 0.270. The summed E-state index contributed by atoms with van der Waals surface area (Å²) >= 11 is 0. The molecule has 0 saturated carbocycles. The molecule has 0 spiro atoms. The summed E-state index contributed by atoms with van der Waals surface area (Å²) in [6.45, 7) is 6.75. The number of nitrogens with one attached hydrogen (secondary N) is 1. The number of hydrogen-bond donors (Lipinski definition) is 1. The molecule has 0 aliphatic carbocycles. The third-order valence-electron chi connectivity index (χ3n) is 3.31. The van der Waals surface area contributed by atoms with Crippen molar-refractivity contribution in [2.45, 2.75) is 39.9 Å². The monoisotopic (exact) mass is 243 g/mol. The maximum Gasteiger partial charge on any atom is 0.0980 e. The molecule has 1 atom stereocenters. The second kappa shape index (κ2) is 4.21. The number of hydrogen-bond acceptors (Lipinski definition) is 3. The normalized spacial score (nSPS) is 18.7. The Bertz CT molecular complexity index is 568. The van der Waals surface area contributed by atoms with Crippen molar-refractivity contribution >= 4 is 0 Å². The largest absolute Gasteiger partial charge is 0.373 e. The highest BCUT2D eigenvalue weighted by Gasteiger charge is 2.22. The second-order valence-electron chi connectivity index (χ2n) is 4.99. The average molecular weight is 243 g/mol. The molecule has 0 radical (unpaired) electrons. The van der Waals surface area contributed by atoms with Crippen LogP contribution in [0.4, 0.5) is 0 Å². The fourth-order valence-corrected chi connectivity index (χ4v) is 2.51. The van der Waals surface area contributed by atoms with Gasteiger partial charge in [-0.15, -0.1) is 0 Å². The van der Waals surface area contributed by atoms with Crippen molar-refractivity contribution in [2.24, 2.45) is 0 Å². The number of fused-ring (bicyclic) bond motifs is 1. The van der Waals surface area contributed by atoms with Crippen LogP contribution in [0.25, 0.3) is 11.3 Å². The van der Waals surface area contributed by atoms with Gasteiger partial charge in [0.25, 0.3) is 0 Å². The molecule has 1 aliphatic heterocycles. The Balaban J connectivity index is 2.07. The van der Waals surface area contributed by atoms with E-state index in [-0.39, 0.29) is 6.10 Å². The summed E-state index contributed by atoms with van der Waals surface area (Å²) in [6, 6.07) is 4.14. The Labute approximate surface area is 106 Å². The molecular formula is C14H17N3O. The average Bonchev–Trinajstić information content (AvgIpc) is 2.70. The molecular weight excluding hydrogens is 226 g/mol. The van der Waals surface area contributed by atoms with Crippen LogP contribution in [0.5, 0.6) is 0 Å². The van der Waals surface area contributed by atoms with E-state index >= 15 is 0 Å². The van der Waals surface area contributed by atoms with Crippen LogP contribution < -0.4 is 0 Å². The van der Waals surface area contributed by atoms with Crippen LogP contribution in [0.1, 0.15) is 29.6 Å². The van der Waals surface area contributed by atoms with E-state index in [0.717, 1.165) is 29.1 Å². The Kier molecular flexibility index (Phi) is 2.67. The minimum absolute atomic E-state index is 0.270. The number of nitrogens with zero attached hydrogens (tertiary/aromatic N) is 2. The molecule has 0 unspecified atom stereocenters. The summed E-state index contributed by atoms with van der Waals surface area (Å²) in [5, 5.41) is 7.60. The first-order valence-electron chi connectivity index (χ1n) is 6.27. The number of ether oxygens (including phenoxy) is 1. The number of H-pyrrole nitrogens is 1. The van der Waals surface area contributed by atoms with Crippen LogP contribution in [-0.4, -0.2) is 21.3 Å². The molecule has 0 amide bonds. The Morgan fingerprint density at radius 3 is 2.72 bits per heavy atom. The third kappa shape index (κ3) is 1.93. The highest BCUT2D eigenvalue weighted by molar-refractivity contribution is 5.64. The van der Waals surface area contributed by atoms with Crippen LogP contribution in [0, 0.1) is 13.8 Å². The predicted octanol–water partition coefficient (Wildman–Crippen LogP) is 2.55.